The van der Waals surface area contributed by atoms with Gasteiger partial charge in [-0.25, -0.2) is 0 Å². The summed E-state index contributed by atoms with van der Waals surface area (Å²) in [4.78, 5) is 4.04. The van der Waals surface area contributed by atoms with E-state index in [0.29, 0.717) is 5.92 Å². The fraction of sp³-hybridized carbons (Fsp3) is 0.500. The maximum Gasteiger partial charge on any atom is 0.0393 e. The number of aromatic nitrogens is 1. The lowest BCUT2D eigenvalue weighted by atomic mass is 10.0. The average molecular weight is 177 g/mol. The molecule has 3 heteroatoms. The molecular weight excluding hydrogens is 162 g/mol. The topological polar surface area (TPSA) is 64.9 Å². The summed E-state index contributed by atoms with van der Waals surface area (Å²) in [5.74, 6) is 1.35. The van der Waals surface area contributed by atoms with Crippen LogP contribution in [0.1, 0.15) is 24.9 Å². The highest BCUT2D eigenvalue weighted by atomic mass is 14.8. The molecular formula is C10H15N3. The van der Waals surface area contributed by atoms with Crippen LogP contribution in [-0.2, 0) is 0 Å². The first-order valence-electron chi connectivity index (χ1n) is 4.65. The summed E-state index contributed by atoms with van der Waals surface area (Å²) in [6.45, 7) is 2.22. The molecule has 0 amide bonds. The van der Waals surface area contributed by atoms with Crippen LogP contribution in [0, 0.1) is 11.8 Å². The molecule has 1 aliphatic rings. The highest BCUT2D eigenvalue weighted by molar-refractivity contribution is 5.46. The van der Waals surface area contributed by atoms with Crippen molar-refractivity contribution in [2.45, 2.75) is 19.4 Å². The highest BCUT2D eigenvalue weighted by Crippen LogP contribution is 2.46. The third-order valence-corrected chi connectivity index (χ3v) is 2.88. The predicted octanol–water partition coefficient (Wildman–Crippen LogP) is 1.32. The van der Waals surface area contributed by atoms with E-state index in [1.807, 2.05) is 6.07 Å². The lowest BCUT2D eigenvalue weighted by molar-refractivity contribution is 0.593. The second kappa shape index (κ2) is 3.00. The van der Waals surface area contributed by atoms with Crippen LogP contribution in [-0.4, -0.2) is 4.98 Å². The number of rotatable bonds is 2. The zero-order valence-corrected chi connectivity index (χ0v) is 7.77. The van der Waals surface area contributed by atoms with E-state index < -0.39 is 0 Å². The van der Waals surface area contributed by atoms with Crippen LogP contribution >= 0.6 is 0 Å². The quantitative estimate of drug-likeness (QED) is 0.716. The molecule has 13 heavy (non-hydrogen) atoms. The molecule has 0 saturated heterocycles. The van der Waals surface area contributed by atoms with Gasteiger partial charge in [-0.2, -0.15) is 0 Å². The molecule has 0 aromatic carbocycles. The molecule has 1 heterocycles. The fourth-order valence-corrected chi connectivity index (χ4v) is 1.78. The number of nitrogens with two attached hydrogens (primary N) is 2. The SMILES string of the molecule is CC1CC1C(N)c1cnccc1N. The lowest BCUT2D eigenvalue weighted by Crippen LogP contribution is -2.15. The maximum absolute atomic E-state index is 6.07. The molecule has 3 nitrogen and oxygen atoms in total. The molecule has 2 rings (SSSR count). The second-order valence-electron chi connectivity index (χ2n) is 3.91. The molecule has 0 bridgehead atoms. The molecule has 1 aromatic rings. The molecule has 0 aliphatic heterocycles. The van der Waals surface area contributed by atoms with E-state index in [9.17, 15) is 0 Å². The zero-order chi connectivity index (χ0) is 9.42. The van der Waals surface area contributed by atoms with Crippen molar-refractivity contribution in [2.24, 2.45) is 17.6 Å². The summed E-state index contributed by atoms with van der Waals surface area (Å²) in [6, 6.07) is 1.88. The first-order chi connectivity index (χ1) is 6.20. The van der Waals surface area contributed by atoms with Crippen molar-refractivity contribution in [1.82, 2.24) is 4.98 Å². The third-order valence-electron chi connectivity index (χ3n) is 2.88. The second-order valence-corrected chi connectivity index (χ2v) is 3.91. The van der Waals surface area contributed by atoms with Gasteiger partial charge in [-0.1, -0.05) is 6.92 Å². The van der Waals surface area contributed by atoms with Crippen molar-refractivity contribution in [3.05, 3.63) is 24.0 Å². The van der Waals surface area contributed by atoms with Crippen LogP contribution < -0.4 is 11.5 Å². The van der Waals surface area contributed by atoms with E-state index in [1.165, 1.54) is 6.42 Å². The van der Waals surface area contributed by atoms with Crippen LogP contribution in [0.3, 0.4) is 0 Å². The van der Waals surface area contributed by atoms with Gasteiger partial charge < -0.3 is 11.5 Å². The standard InChI is InChI=1S/C10H15N3/c1-6-4-7(6)10(12)8-5-13-3-2-9(8)11/h2-3,5-7,10H,4,12H2,1H3,(H2,11,13). The summed E-state index contributed by atoms with van der Waals surface area (Å²) in [7, 11) is 0. The van der Waals surface area contributed by atoms with Gasteiger partial charge in [0.2, 0.25) is 0 Å². The summed E-state index contributed by atoms with van der Waals surface area (Å²) < 4.78 is 0. The van der Waals surface area contributed by atoms with Gasteiger partial charge in [0.25, 0.3) is 0 Å². The van der Waals surface area contributed by atoms with Gasteiger partial charge in [-0.15, -0.1) is 0 Å². The minimum atomic E-state index is 0.0729. The highest BCUT2D eigenvalue weighted by Gasteiger charge is 2.38. The molecule has 1 aromatic heterocycles. The summed E-state index contributed by atoms with van der Waals surface area (Å²) in [5.41, 5.74) is 13.6. The monoisotopic (exact) mass is 177 g/mol. The minimum Gasteiger partial charge on any atom is -0.398 e. The Hall–Kier alpha value is -1.09. The Morgan fingerprint density at radius 2 is 2.31 bits per heavy atom. The van der Waals surface area contributed by atoms with Crippen LogP contribution in [0.4, 0.5) is 5.69 Å². The van der Waals surface area contributed by atoms with Gasteiger partial charge in [0.1, 0.15) is 0 Å². The maximum atomic E-state index is 6.07. The molecule has 70 valence electrons. The van der Waals surface area contributed by atoms with E-state index in [0.717, 1.165) is 17.2 Å². The molecule has 0 spiro atoms. The smallest absolute Gasteiger partial charge is 0.0393 e. The largest absolute Gasteiger partial charge is 0.398 e. The molecule has 1 aliphatic carbocycles. The van der Waals surface area contributed by atoms with E-state index in [2.05, 4.69) is 11.9 Å². The molecule has 3 atom stereocenters. The van der Waals surface area contributed by atoms with Gasteiger partial charge in [-0.3, -0.25) is 4.98 Å². The Balaban J connectivity index is 2.20. The summed E-state index contributed by atoms with van der Waals surface area (Å²) in [5, 5.41) is 0. The number of nitrogen functional groups attached to an aromatic ring is 1. The van der Waals surface area contributed by atoms with Gasteiger partial charge >= 0.3 is 0 Å². The molecule has 4 N–H and O–H groups in total. The van der Waals surface area contributed by atoms with Gasteiger partial charge in [0, 0.05) is 29.7 Å². The Morgan fingerprint density at radius 1 is 1.62 bits per heavy atom. The number of nitrogens with zero attached hydrogens (tertiary/aromatic N) is 1. The van der Waals surface area contributed by atoms with Gasteiger partial charge in [0.15, 0.2) is 0 Å². The van der Waals surface area contributed by atoms with Crippen molar-refractivity contribution >= 4 is 5.69 Å². The van der Waals surface area contributed by atoms with Crippen LogP contribution in [0.25, 0.3) is 0 Å². The third kappa shape index (κ3) is 1.52. The van der Waals surface area contributed by atoms with Crippen molar-refractivity contribution in [2.75, 3.05) is 5.73 Å². The number of anilines is 1. The minimum absolute atomic E-state index is 0.0729. The van der Waals surface area contributed by atoms with Crippen LogP contribution in [0.2, 0.25) is 0 Å². The van der Waals surface area contributed by atoms with Crippen molar-refractivity contribution in [3.8, 4) is 0 Å². The first kappa shape index (κ1) is 8.51. The van der Waals surface area contributed by atoms with Crippen LogP contribution in [0.15, 0.2) is 18.5 Å². The first-order valence-corrected chi connectivity index (χ1v) is 4.65. The Labute approximate surface area is 78.1 Å². The van der Waals surface area contributed by atoms with Crippen LogP contribution in [0.5, 0.6) is 0 Å². The average Bonchev–Trinajstić information content (AvgIpc) is 2.82. The number of hydrogen-bond donors (Lipinski definition) is 2. The molecule has 1 fully saturated rings. The van der Waals surface area contributed by atoms with Crippen molar-refractivity contribution in [3.63, 3.8) is 0 Å². The number of hydrogen-bond acceptors (Lipinski definition) is 3. The molecule has 0 radical (unpaired) electrons. The molecule has 3 unspecified atom stereocenters. The Bertz CT molecular complexity index is 311. The predicted molar refractivity (Wildman–Crippen MR) is 52.8 cm³/mol. The summed E-state index contributed by atoms with van der Waals surface area (Å²) in [6.07, 6.45) is 4.70. The Morgan fingerprint density at radius 3 is 2.85 bits per heavy atom. The van der Waals surface area contributed by atoms with Gasteiger partial charge in [0.05, 0.1) is 0 Å². The van der Waals surface area contributed by atoms with Crippen molar-refractivity contribution < 1.29 is 0 Å². The zero-order valence-electron chi connectivity index (χ0n) is 7.77. The van der Waals surface area contributed by atoms with E-state index in [1.54, 1.807) is 12.4 Å². The fourth-order valence-electron chi connectivity index (χ4n) is 1.78. The molecule has 1 saturated carbocycles. The van der Waals surface area contributed by atoms with E-state index in [-0.39, 0.29) is 6.04 Å². The van der Waals surface area contributed by atoms with E-state index >= 15 is 0 Å². The summed E-state index contributed by atoms with van der Waals surface area (Å²) >= 11 is 0. The normalized spacial score (nSPS) is 28.5. The van der Waals surface area contributed by atoms with Crippen molar-refractivity contribution in [1.29, 1.82) is 0 Å². The number of pyridine rings is 1. The van der Waals surface area contributed by atoms with E-state index in [4.69, 9.17) is 11.5 Å². The Kier molecular flexibility index (Phi) is 1.96. The lowest BCUT2D eigenvalue weighted by Gasteiger charge is -2.12. The van der Waals surface area contributed by atoms with Gasteiger partial charge in [-0.05, 0) is 24.3 Å².